The van der Waals surface area contributed by atoms with Crippen LogP contribution in [-0.2, 0) is 6.42 Å². The zero-order chi connectivity index (χ0) is 12.4. The SMILES string of the molecule is OC(Cc1sccc1Br)c1ccc(F)c(Br)c1. The molecule has 17 heavy (non-hydrogen) atoms. The maximum absolute atomic E-state index is 13.1. The number of thiophene rings is 1. The van der Waals surface area contributed by atoms with E-state index in [2.05, 4.69) is 31.9 Å². The molecule has 1 N–H and O–H groups in total. The summed E-state index contributed by atoms with van der Waals surface area (Å²) in [7, 11) is 0. The second-order valence-corrected chi connectivity index (χ2v) is 6.29. The van der Waals surface area contributed by atoms with Crippen molar-refractivity contribution < 1.29 is 9.50 Å². The van der Waals surface area contributed by atoms with Crippen LogP contribution in [0, 0.1) is 5.82 Å². The maximum atomic E-state index is 13.1. The van der Waals surface area contributed by atoms with E-state index >= 15 is 0 Å². The largest absolute Gasteiger partial charge is 0.388 e. The van der Waals surface area contributed by atoms with Crippen molar-refractivity contribution in [2.45, 2.75) is 12.5 Å². The second-order valence-electron chi connectivity index (χ2n) is 3.59. The first-order valence-corrected chi connectivity index (χ1v) is 7.39. The third-order valence-electron chi connectivity index (χ3n) is 2.40. The fourth-order valence-electron chi connectivity index (χ4n) is 1.48. The fraction of sp³-hybridized carbons (Fsp3) is 0.167. The first-order valence-electron chi connectivity index (χ1n) is 4.93. The Kier molecular flexibility index (Phi) is 4.36. The van der Waals surface area contributed by atoms with Gasteiger partial charge in [-0.1, -0.05) is 6.07 Å². The van der Waals surface area contributed by atoms with Crippen molar-refractivity contribution in [3.8, 4) is 0 Å². The highest BCUT2D eigenvalue weighted by molar-refractivity contribution is 9.10. The van der Waals surface area contributed by atoms with E-state index in [9.17, 15) is 9.50 Å². The predicted molar refractivity (Wildman–Crippen MR) is 74.8 cm³/mol. The molecule has 0 aliphatic rings. The molecular weight excluding hydrogens is 371 g/mol. The summed E-state index contributed by atoms with van der Waals surface area (Å²) in [6.45, 7) is 0. The van der Waals surface area contributed by atoms with Crippen LogP contribution in [0.4, 0.5) is 4.39 Å². The average molecular weight is 380 g/mol. The monoisotopic (exact) mass is 378 g/mol. The van der Waals surface area contributed by atoms with Crippen LogP contribution in [0.15, 0.2) is 38.6 Å². The molecule has 1 heterocycles. The highest BCUT2D eigenvalue weighted by Crippen LogP contribution is 2.29. The average Bonchev–Trinajstić information content (AvgIpc) is 2.68. The Balaban J connectivity index is 2.17. The summed E-state index contributed by atoms with van der Waals surface area (Å²) in [4.78, 5) is 1.08. The molecule has 0 saturated carbocycles. The lowest BCUT2D eigenvalue weighted by Crippen LogP contribution is -2.01. The number of benzene rings is 1. The summed E-state index contributed by atoms with van der Waals surface area (Å²) in [6.07, 6.45) is -0.0992. The van der Waals surface area contributed by atoms with Crippen molar-refractivity contribution in [3.05, 3.63) is 54.8 Å². The number of hydrogen-bond donors (Lipinski definition) is 1. The van der Waals surface area contributed by atoms with Gasteiger partial charge in [0.1, 0.15) is 5.82 Å². The fourth-order valence-corrected chi connectivity index (χ4v) is 3.43. The van der Waals surface area contributed by atoms with Crippen molar-refractivity contribution in [2.24, 2.45) is 0 Å². The van der Waals surface area contributed by atoms with Gasteiger partial charge in [0.25, 0.3) is 0 Å². The lowest BCUT2D eigenvalue weighted by molar-refractivity contribution is 0.179. The van der Waals surface area contributed by atoms with Gasteiger partial charge in [0.05, 0.1) is 10.6 Å². The lowest BCUT2D eigenvalue weighted by Gasteiger charge is -2.11. The van der Waals surface area contributed by atoms with E-state index in [0.717, 1.165) is 9.35 Å². The molecule has 0 bridgehead atoms. The highest BCUT2D eigenvalue weighted by Gasteiger charge is 2.13. The molecule has 1 unspecified atom stereocenters. The van der Waals surface area contributed by atoms with Crippen LogP contribution >= 0.6 is 43.2 Å². The summed E-state index contributed by atoms with van der Waals surface area (Å²) in [5.74, 6) is -0.321. The van der Waals surface area contributed by atoms with E-state index < -0.39 is 6.10 Å². The van der Waals surface area contributed by atoms with Crippen LogP contribution < -0.4 is 0 Å². The van der Waals surface area contributed by atoms with Crippen molar-refractivity contribution in [1.29, 1.82) is 0 Å². The first kappa shape index (κ1) is 13.2. The molecule has 5 heteroatoms. The third kappa shape index (κ3) is 3.16. The molecule has 0 spiro atoms. The van der Waals surface area contributed by atoms with Crippen molar-refractivity contribution >= 4 is 43.2 Å². The minimum atomic E-state index is -0.623. The van der Waals surface area contributed by atoms with Crippen LogP contribution in [-0.4, -0.2) is 5.11 Å². The van der Waals surface area contributed by atoms with Gasteiger partial charge >= 0.3 is 0 Å². The van der Waals surface area contributed by atoms with Gasteiger partial charge in [-0.15, -0.1) is 11.3 Å². The smallest absolute Gasteiger partial charge is 0.137 e. The Bertz CT molecular complexity index is 527. The van der Waals surface area contributed by atoms with E-state index in [0.29, 0.717) is 16.5 Å². The van der Waals surface area contributed by atoms with E-state index in [1.165, 1.54) is 6.07 Å². The summed E-state index contributed by atoms with van der Waals surface area (Å²) >= 11 is 8.12. The van der Waals surface area contributed by atoms with Gasteiger partial charge in [0, 0.05) is 15.8 Å². The van der Waals surface area contributed by atoms with Gasteiger partial charge in [-0.25, -0.2) is 4.39 Å². The van der Waals surface area contributed by atoms with Crippen LogP contribution in [0.3, 0.4) is 0 Å². The molecule has 0 radical (unpaired) electrons. The number of aliphatic hydroxyl groups is 1. The lowest BCUT2D eigenvalue weighted by atomic mass is 10.1. The van der Waals surface area contributed by atoms with E-state index in [4.69, 9.17) is 0 Å². The Morgan fingerprint density at radius 1 is 1.24 bits per heavy atom. The van der Waals surface area contributed by atoms with Crippen LogP contribution in [0.25, 0.3) is 0 Å². The summed E-state index contributed by atoms with van der Waals surface area (Å²) in [5.41, 5.74) is 0.707. The van der Waals surface area contributed by atoms with Crippen molar-refractivity contribution in [2.75, 3.05) is 0 Å². The number of hydrogen-bond acceptors (Lipinski definition) is 2. The minimum absolute atomic E-state index is 0.321. The summed E-state index contributed by atoms with van der Waals surface area (Å²) in [6, 6.07) is 6.52. The molecule has 2 rings (SSSR count). The van der Waals surface area contributed by atoms with E-state index in [-0.39, 0.29) is 5.82 Å². The number of halogens is 3. The molecule has 0 aliphatic carbocycles. The Hall–Kier alpha value is -0.230. The Morgan fingerprint density at radius 2 is 2.00 bits per heavy atom. The number of rotatable bonds is 3. The number of aliphatic hydroxyl groups excluding tert-OH is 1. The second kappa shape index (κ2) is 5.61. The van der Waals surface area contributed by atoms with Crippen LogP contribution in [0.5, 0.6) is 0 Å². The van der Waals surface area contributed by atoms with Crippen molar-refractivity contribution in [1.82, 2.24) is 0 Å². The molecule has 1 atom stereocenters. The Morgan fingerprint density at radius 3 is 2.59 bits per heavy atom. The maximum Gasteiger partial charge on any atom is 0.137 e. The highest BCUT2D eigenvalue weighted by atomic mass is 79.9. The molecule has 0 amide bonds. The summed E-state index contributed by atoms with van der Waals surface area (Å²) < 4.78 is 14.4. The van der Waals surface area contributed by atoms with Crippen LogP contribution in [0.2, 0.25) is 0 Å². The molecule has 0 fully saturated rings. The molecular formula is C12H9Br2FOS. The minimum Gasteiger partial charge on any atom is -0.388 e. The molecule has 2 aromatic rings. The van der Waals surface area contributed by atoms with Crippen molar-refractivity contribution in [3.63, 3.8) is 0 Å². The zero-order valence-corrected chi connectivity index (χ0v) is 12.6. The third-order valence-corrected chi connectivity index (χ3v) is 4.95. The van der Waals surface area contributed by atoms with Gasteiger partial charge in [-0.2, -0.15) is 0 Å². The van der Waals surface area contributed by atoms with Crippen LogP contribution in [0.1, 0.15) is 16.5 Å². The quantitative estimate of drug-likeness (QED) is 0.820. The van der Waals surface area contributed by atoms with Gasteiger partial charge < -0.3 is 5.11 Å². The van der Waals surface area contributed by atoms with E-state index in [1.54, 1.807) is 23.5 Å². The predicted octanol–water partition coefficient (Wildman–Crippen LogP) is 4.69. The molecule has 1 aromatic carbocycles. The molecule has 1 aromatic heterocycles. The summed E-state index contributed by atoms with van der Waals surface area (Å²) in [5, 5.41) is 12.0. The first-order chi connectivity index (χ1) is 8.08. The topological polar surface area (TPSA) is 20.2 Å². The molecule has 1 nitrogen and oxygen atoms in total. The molecule has 0 saturated heterocycles. The molecule has 0 aliphatic heterocycles. The van der Waals surface area contributed by atoms with Gasteiger partial charge in [-0.3, -0.25) is 0 Å². The van der Waals surface area contributed by atoms with E-state index in [1.807, 2.05) is 11.4 Å². The van der Waals surface area contributed by atoms with Gasteiger partial charge in [-0.05, 0) is 61.0 Å². The zero-order valence-electron chi connectivity index (χ0n) is 8.66. The van der Waals surface area contributed by atoms with Gasteiger partial charge in [0.15, 0.2) is 0 Å². The van der Waals surface area contributed by atoms with Gasteiger partial charge in [0.2, 0.25) is 0 Å². The standard InChI is InChI=1S/C12H9Br2FOS/c13-8-3-4-17-12(8)6-11(16)7-1-2-10(15)9(14)5-7/h1-5,11,16H,6H2. The Labute approximate surface area is 120 Å². The molecule has 90 valence electrons. The normalized spacial score (nSPS) is 12.7.